The first-order valence-corrected chi connectivity index (χ1v) is 5.14. The molecular weight excluding hydrogens is 301 g/mol. The average molecular weight is 323 g/mol. The van der Waals surface area contributed by atoms with Gasteiger partial charge in [0.15, 0.2) is 0 Å². The van der Waals surface area contributed by atoms with Gasteiger partial charge in [-0.1, -0.05) is 0 Å². The Morgan fingerprint density at radius 2 is 0.938 bits per heavy atom. The molecule has 0 spiro atoms. The quantitative estimate of drug-likeness (QED) is 0.705. The van der Waals surface area contributed by atoms with Crippen molar-refractivity contribution in [3.05, 3.63) is 0 Å². The van der Waals surface area contributed by atoms with Crippen LogP contribution >= 0.6 is 0 Å². The van der Waals surface area contributed by atoms with Crippen molar-refractivity contribution in [1.82, 2.24) is 0 Å². The summed E-state index contributed by atoms with van der Waals surface area (Å²) in [4.78, 5) is 0. The molecule has 0 aliphatic carbocycles. The molecule has 0 aliphatic heterocycles. The Labute approximate surface area is 115 Å². The van der Waals surface area contributed by atoms with E-state index in [0.717, 1.165) is 0 Å². The van der Waals surface area contributed by atoms with Gasteiger partial charge >= 0.3 is 7.32 Å². The topological polar surface area (TPSA) is 51.5 Å². The molecule has 0 bridgehead atoms. The Balaban J connectivity index is -0.000000529. The number of nitriles is 1. The maximum atomic E-state index is 6.50. The van der Waals surface area contributed by atoms with Gasteiger partial charge in [-0.05, 0) is 41.5 Å². The van der Waals surface area contributed by atoms with E-state index in [1.165, 1.54) is 0 Å². The maximum Gasteiger partial charge on any atom is 0.639 e. The van der Waals surface area contributed by atoms with Gasteiger partial charge in [-0.15, -0.1) is 0 Å². The van der Waals surface area contributed by atoms with Crippen molar-refractivity contribution >= 4 is 7.32 Å². The Bertz CT molecular complexity index is 142. The van der Waals surface area contributed by atoms with Crippen LogP contribution in [0.25, 0.3) is 0 Å². The van der Waals surface area contributed by atoms with Gasteiger partial charge in [0.05, 0.1) is 0 Å². The van der Waals surface area contributed by atoms with Gasteiger partial charge in [-0.25, -0.2) is 5.26 Å². The molecule has 0 rings (SSSR count). The van der Waals surface area contributed by atoms with E-state index in [9.17, 15) is 0 Å². The zero-order valence-electron chi connectivity index (χ0n) is 10.9. The van der Waals surface area contributed by atoms with Crippen molar-refractivity contribution in [1.29, 1.82) is 5.26 Å². The molecule has 0 aromatic carbocycles. The van der Waals surface area contributed by atoms with Gasteiger partial charge in [-0.2, -0.15) is 0 Å². The first-order valence-electron chi connectivity index (χ1n) is 5.14. The number of rotatable bonds is 6. The molecule has 0 saturated heterocycles. The zero-order valence-corrected chi connectivity index (χ0v) is 12.3. The second kappa shape index (κ2) is 13.2. The summed E-state index contributed by atoms with van der Waals surface area (Å²) in [7, 11) is -0.542. The normalized spacial score (nSPS) is 9.69. The monoisotopic (exact) mass is 322 g/mol. The van der Waals surface area contributed by atoms with E-state index in [1.807, 2.05) is 41.5 Å². The van der Waals surface area contributed by atoms with E-state index in [-0.39, 0.29) is 40.7 Å². The fourth-order valence-electron chi connectivity index (χ4n) is 0.763. The van der Waals surface area contributed by atoms with Crippen molar-refractivity contribution in [3.63, 3.8) is 0 Å². The van der Waals surface area contributed by atoms with E-state index >= 15 is 0 Å². The summed E-state index contributed by atoms with van der Waals surface area (Å²) >= 11 is 0. The standard InChI is InChI=1S/C9H21BO3.CHN.Ag/c1-7(2)11-10(12-8(3)4)13-9(5)6;1-2;/h7-9H,1-6H3;1H;. The van der Waals surface area contributed by atoms with Crippen molar-refractivity contribution < 1.29 is 36.3 Å². The average Bonchev–Trinajstić information content (AvgIpc) is 2.03. The van der Waals surface area contributed by atoms with Crippen LogP contribution in [0, 0.1) is 11.8 Å². The summed E-state index contributed by atoms with van der Waals surface area (Å²) in [5.41, 5.74) is 0. The molecular formula is C10H22AgBNO3. The van der Waals surface area contributed by atoms with Gasteiger partial charge in [0.1, 0.15) is 0 Å². The summed E-state index contributed by atoms with van der Waals surface area (Å²) in [6.07, 6.45) is 0.340. The Hall–Kier alpha value is 0.175. The van der Waals surface area contributed by atoms with Crippen molar-refractivity contribution in [3.8, 4) is 6.57 Å². The number of nitrogens with zero attached hydrogens (tertiary/aromatic N) is 1. The van der Waals surface area contributed by atoms with E-state index in [0.29, 0.717) is 0 Å². The third-order valence-corrected chi connectivity index (χ3v) is 1.15. The van der Waals surface area contributed by atoms with E-state index in [2.05, 4.69) is 6.57 Å². The van der Waals surface area contributed by atoms with Crippen LogP contribution in [-0.2, 0) is 36.3 Å². The largest absolute Gasteiger partial charge is 0.639 e. The van der Waals surface area contributed by atoms with Crippen LogP contribution < -0.4 is 0 Å². The van der Waals surface area contributed by atoms with Gasteiger partial charge in [0.2, 0.25) is 0 Å². The Morgan fingerprint density at radius 1 is 0.750 bits per heavy atom. The SMILES string of the molecule is C#N.CC(C)OB(OC(C)C)OC(C)C.[Ag]. The summed E-state index contributed by atoms with van der Waals surface area (Å²) < 4.78 is 16.3. The summed E-state index contributed by atoms with van der Waals surface area (Å²) in [5, 5.41) is 6.50. The molecule has 0 N–H and O–H groups in total. The molecule has 0 unspecified atom stereocenters. The molecule has 0 amide bonds. The van der Waals surface area contributed by atoms with Gasteiger partial charge in [-0.3, -0.25) is 0 Å². The van der Waals surface area contributed by atoms with Crippen LogP contribution in [0.5, 0.6) is 0 Å². The molecule has 0 fully saturated rings. The smallest absolute Gasteiger partial charge is 0.384 e. The van der Waals surface area contributed by atoms with Gasteiger partial charge in [0, 0.05) is 47.3 Å². The second-order valence-corrected chi connectivity index (χ2v) is 3.84. The maximum absolute atomic E-state index is 6.50. The first kappa shape index (κ1) is 21.5. The van der Waals surface area contributed by atoms with Gasteiger partial charge in [0.25, 0.3) is 0 Å². The van der Waals surface area contributed by atoms with Crippen LogP contribution in [0.15, 0.2) is 0 Å². The molecule has 0 saturated carbocycles. The molecule has 16 heavy (non-hydrogen) atoms. The van der Waals surface area contributed by atoms with E-state index in [1.54, 1.807) is 0 Å². The molecule has 99 valence electrons. The molecule has 0 aromatic rings. The first-order chi connectivity index (χ1) is 6.91. The zero-order chi connectivity index (χ0) is 12.4. The minimum atomic E-state index is -0.542. The fourth-order valence-corrected chi connectivity index (χ4v) is 0.763. The molecule has 4 nitrogen and oxygen atoms in total. The molecule has 0 aromatic heterocycles. The predicted molar refractivity (Wildman–Crippen MR) is 61.1 cm³/mol. The predicted octanol–water partition coefficient (Wildman–Crippen LogP) is 2.38. The van der Waals surface area contributed by atoms with Crippen molar-refractivity contribution in [2.24, 2.45) is 0 Å². The molecule has 0 heterocycles. The van der Waals surface area contributed by atoms with Crippen molar-refractivity contribution in [2.75, 3.05) is 0 Å². The molecule has 0 atom stereocenters. The molecule has 6 heteroatoms. The molecule has 0 aliphatic rings. The second-order valence-electron chi connectivity index (χ2n) is 3.84. The molecule has 1 radical (unpaired) electrons. The fraction of sp³-hybridized carbons (Fsp3) is 0.900. The van der Waals surface area contributed by atoms with E-state index in [4.69, 9.17) is 19.2 Å². The van der Waals surface area contributed by atoms with Crippen LogP contribution in [0.3, 0.4) is 0 Å². The van der Waals surface area contributed by atoms with Crippen LogP contribution in [-0.4, -0.2) is 25.6 Å². The third-order valence-electron chi connectivity index (χ3n) is 1.15. The summed E-state index contributed by atoms with van der Waals surface area (Å²) in [6.45, 7) is 15.3. The summed E-state index contributed by atoms with van der Waals surface area (Å²) in [5.74, 6) is 0. The summed E-state index contributed by atoms with van der Waals surface area (Å²) in [6, 6.07) is 0. The number of hydrogen-bond donors (Lipinski definition) is 0. The van der Waals surface area contributed by atoms with Crippen LogP contribution in [0.2, 0.25) is 0 Å². The minimum Gasteiger partial charge on any atom is -0.384 e. The van der Waals surface area contributed by atoms with Crippen LogP contribution in [0.4, 0.5) is 0 Å². The Morgan fingerprint density at radius 3 is 1.06 bits per heavy atom. The minimum absolute atomic E-state index is 0. The van der Waals surface area contributed by atoms with Crippen molar-refractivity contribution in [2.45, 2.75) is 59.9 Å². The van der Waals surface area contributed by atoms with E-state index < -0.39 is 7.32 Å². The number of hydrogen-bond acceptors (Lipinski definition) is 4. The third kappa shape index (κ3) is 16.6. The Kier molecular flexibility index (Phi) is 17.8. The van der Waals surface area contributed by atoms with Crippen LogP contribution in [0.1, 0.15) is 41.5 Å². The van der Waals surface area contributed by atoms with Gasteiger partial charge < -0.3 is 14.0 Å².